The lowest BCUT2D eigenvalue weighted by atomic mass is 9.69. The van der Waals surface area contributed by atoms with Gasteiger partial charge in [-0.2, -0.15) is 0 Å². The van der Waals surface area contributed by atoms with Crippen molar-refractivity contribution < 1.29 is 4.79 Å². The molecule has 0 heterocycles. The van der Waals surface area contributed by atoms with Gasteiger partial charge >= 0.3 is 0 Å². The van der Waals surface area contributed by atoms with Gasteiger partial charge in [0.1, 0.15) is 5.78 Å². The molecule has 0 aliphatic heterocycles. The van der Waals surface area contributed by atoms with Crippen LogP contribution in [0, 0.1) is 23.7 Å². The Labute approximate surface area is 68.2 Å². The summed E-state index contributed by atoms with van der Waals surface area (Å²) in [6.07, 6.45) is 7.62. The number of terminal acetylenes is 1. The largest absolute Gasteiger partial charge is 0.300 e. The average molecular weight is 150 g/mol. The molecule has 0 saturated heterocycles. The van der Waals surface area contributed by atoms with Gasteiger partial charge in [0.25, 0.3) is 0 Å². The summed E-state index contributed by atoms with van der Waals surface area (Å²) in [6.45, 7) is 4.14. The highest BCUT2D eigenvalue weighted by molar-refractivity contribution is 5.79. The molecular weight excluding hydrogens is 136 g/mol. The van der Waals surface area contributed by atoms with Crippen LogP contribution >= 0.6 is 0 Å². The zero-order valence-electron chi connectivity index (χ0n) is 7.18. The molecule has 2 unspecified atom stereocenters. The SMILES string of the molecule is C#CC1(C)CCC(=O)CC1C. The molecule has 1 aliphatic carbocycles. The maximum absolute atomic E-state index is 11.0. The Kier molecular flexibility index (Phi) is 2.04. The highest BCUT2D eigenvalue weighted by Crippen LogP contribution is 2.38. The van der Waals surface area contributed by atoms with E-state index in [-0.39, 0.29) is 5.41 Å². The van der Waals surface area contributed by atoms with E-state index in [9.17, 15) is 4.79 Å². The second kappa shape index (κ2) is 2.70. The van der Waals surface area contributed by atoms with Gasteiger partial charge in [-0.1, -0.05) is 12.8 Å². The van der Waals surface area contributed by atoms with Crippen molar-refractivity contribution in [2.45, 2.75) is 33.1 Å². The number of Topliss-reactive ketones (excluding diaryl/α,β-unsaturated/α-hetero) is 1. The summed E-state index contributed by atoms with van der Waals surface area (Å²) in [5.74, 6) is 3.52. The van der Waals surface area contributed by atoms with Gasteiger partial charge in [-0.3, -0.25) is 4.79 Å². The van der Waals surface area contributed by atoms with E-state index in [1.807, 2.05) is 0 Å². The number of ketones is 1. The maximum atomic E-state index is 11.0. The Balaban J connectivity index is 2.73. The lowest BCUT2D eigenvalue weighted by Crippen LogP contribution is -2.31. The van der Waals surface area contributed by atoms with Crippen LogP contribution in [0.4, 0.5) is 0 Å². The molecule has 0 aromatic heterocycles. The van der Waals surface area contributed by atoms with E-state index >= 15 is 0 Å². The Bertz CT molecular complexity index is 211. The molecule has 1 fully saturated rings. The first-order valence-corrected chi connectivity index (χ1v) is 4.08. The van der Waals surface area contributed by atoms with Crippen molar-refractivity contribution >= 4 is 5.78 Å². The van der Waals surface area contributed by atoms with Crippen LogP contribution in [-0.4, -0.2) is 5.78 Å². The summed E-state index contributed by atoms with van der Waals surface area (Å²) in [6, 6.07) is 0. The predicted octanol–water partition coefficient (Wildman–Crippen LogP) is 2.01. The van der Waals surface area contributed by atoms with Crippen molar-refractivity contribution in [3.63, 3.8) is 0 Å². The van der Waals surface area contributed by atoms with Gasteiger partial charge in [0.2, 0.25) is 0 Å². The zero-order chi connectivity index (χ0) is 8.48. The first-order valence-electron chi connectivity index (χ1n) is 4.08. The first-order chi connectivity index (χ1) is 5.08. The summed E-state index contributed by atoms with van der Waals surface area (Å²) in [5.41, 5.74) is -0.0338. The van der Waals surface area contributed by atoms with Gasteiger partial charge in [-0.15, -0.1) is 6.42 Å². The second-order valence-electron chi connectivity index (χ2n) is 3.71. The van der Waals surface area contributed by atoms with Crippen molar-refractivity contribution in [2.75, 3.05) is 0 Å². The average Bonchev–Trinajstić information content (AvgIpc) is 1.98. The summed E-state index contributed by atoms with van der Waals surface area (Å²) >= 11 is 0. The highest BCUT2D eigenvalue weighted by Gasteiger charge is 2.34. The van der Waals surface area contributed by atoms with Crippen LogP contribution in [0.2, 0.25) is 0 Å². The van der Waals surface area contributed by atoms with Gasteiger partial charge < -0.3 is 0 Å². The third kappa shape index (κ3) is 1.45. The van der Waals surface area contributed by atoms with Crippen molar-refractivity contribution in [1.29, 1.82) is 0 Å². The molecular formula is C10H14O. The van der Waals surface area contributed by atoms with Gasteiger partial charge in [-0.25, -0.2) is 0 Å². The highest BCUT2D eigenvalue weighted by atomic mass is 16.1. The Morgan fingerprint density at radius 1 is 1.73 bits per heavy atom. The third-order valence-corrected chi connectivity index (χ3v) is 2.87. The summed E-state index contributed by atoms with van der Waals surface area (Å²) < 4.78 is 0. The van der Waals surface area contributed by atoms with Gasteiger partial charge in [0, 0.05) is 18.3 Å². The van der Waals surface area contributed by atoms with Crippen molar-refractivity contribution in [2.24, 2.45) is 11.3 Å². The first kappa shape index (κ1) is 8.33. The monoisotopic (exact) mass is 150 g/mol. The molecule has 1 aliphatic rings. The molecule has 2 atom stereocenters. The molecule has 0 bridgehead atoms. The van der Waals surface area contributed by atoms with E-state index < -0.39 is 0 Å². The minimum atomic E-state index is -0.0338. The molecule has 0 radical (unpaired) electrons. The topological polar surface area (TPSA) is 17.1 Å². The fraction of sp³-hybridized carbons (Fsp3) is 0.700. The fourth-order valence-electron chi connectivity index (χ4n) is 1.53. The van der Waals surface area contributed by atoms with Gasteiger partial charge in [0.15, 0.2) is 0 Å². The number of hydrogen-bond donors (Lipinski definition) is 0. The molecule has 1 heteroatoms. The quantitative estimate of drug-likeness (QED) is 0.483. The maximum Gasteiger partial charge on any atom is 0.133 e. The van der Waals surface area contributed by atoms with Crippen molar-refractivity contribution in [3.05, 3.63) is 0 Å². The van der Waals surface area contributed by atoms with Crippen LogP contribution < -0.4 is 0 Å². The third-order valence-electron chi connectivity index (χ3n) is 2.87. The fourth-order valence-corrected chi connectivity index (χ4v) is 1.53. The molecule has 0 spiro atoms. The Hall–Kier alpha value is -0.770. The number of carbonyl (C=O) groups excluding carboxylic acids is 1. The minimum absolute atomic E-state index is 0.0338. The van der Waals surface area contributed by atoms with Crippen LogP contribution in [-0.2, 0) is 4.79 Å². The van der Waals surface area contributed by atoms with Crippen LogP contribution in [0.15, 0.2) is 0 Å². The van der Waals surface area contributed by atoms with Crippen LogP contribution in [0.3, 0.4) is 0 Å². The van der Waals surface area contributed by atoms with E-state index in [4.69, 9.17) is 6.42 Å². The smallest absolute Gasteiger partial charge is 0.133 e. The number of rotatable bonds is 0. The van der Waals surface area contributed by atoms with Gasteiger partial charge in [0.05, 0.1) is 0 Å². The van der Waals surface area contributed by atoms with Crippen LogP contribution in [0.1, 0.15) is 33.1 Å². The number of hydrogen-bond acceptors (Lipinski definition) is 1. The molecule has 1 rings (SSSR count). The standard InChI is InChI=1S/C10H14O/c1-4-10(3)6-5-9(11)7-8(10)2/h1,8H,5-7H2,2-3H3. The summed E-state index contributed by atoms with van der Waals surface area (Å²) in [4.78, 5) is 11.0. The molecule has 60 valence electrons. The van der Waals surface area contributed by atoms with Crippen LogP contribution in [0.25, 0.3) is 0 Å². The Morgan fingerprint density at radius 3 is 2.82 bits per heavy atom. The zero-order valence-corrected chi connectivity index (χ0v) is 7.18. The molecule has 0 aromatic carbocycles. The number of carbonyl (C=O) groups is 1. The van der Waals surface area contributed by atoms with Crippen molar-refractivity contribution in [3.8, 4) is 12.3 Å². The molecule has 0 amide bonds. The Morgan fingerprint density at radius 2 is 2.36 bits per heavy atom. The second-order valence-corrected chi connectivity index (χ2v) is 3.71. The van der Waals surface area contributed by atoms with E-state index in [0.29, 0.717) is 24.5 Å². The van der Waals surface area contributed by atoms with Crippen molar-refractivity contribution in [1.82, 2.24) is 0 Å². The van der Waals surface area contributed by atoms with Crippen LogP contribution in [0.5, 0.6) is 0 Å². The van der Waals surface area contributed by atoms with Gasteiger partial charge in [-0.05, 0) is 19.3 Å². The summed E-state index contributed by atoms with van der Waals surface area (Å²) in [5, 5.41) is 0. The predicted molar refractivity (Wildman–Crippen MR) is 45.0 cm³/mol. The molecule has 1 nitrogen and oxygen atoms in total. The molecule has 11 heavy (non-hydrogen) atoms. The lowest BCUT2D eigenvalue weighted by molar-refractivity contribution is -0.123. The lowest BCUT2D eigenvalue weighted by Gasteiger charge is -2.34. The molecule has 0 N–H and O–H groups in total. The molecule has 1 saturated carbocycles. The molecule has 0 aromatic rings. The minimum Gasteiger partial charge on any atom is -0.300 e. The van der Waals surface area contributed by atoms with E-state index in [1.165, 1.54) is 0 Å². The normalized spacial score (nSPS) is 38.3. The van der Waals surface area contributed by atoms with E-state index in [1.54, 1.807) is 0 Å². The van der Waals surface area contributed by atoms with E-state index in [0.717, 1.165) is 6.42 Å². The summed E-state index contributed by atoms with van der Waals surface area (Å²) in [7, 11) is 0. The van der Waals surface area contributed by atoms with E-state index in [2.05, 4.69) is 19.8 Å².